The Bertz CT molecular complexity index is 99.8. The van der Waals surface area contributed by atoms with Crippen LogP contribution < -0.4 is 5.14 Å². The first-order valence-corrected chi connectivity index (χ1v) is 7.20. The van der Waals surface area contributed by atoms with Crippen molar-refractivity contribution in [3.63, 3.8) is 0 Å². The van der Waals surface area contributed by atoms with Gasteiger partial charge in [-0.05, 0) is 6.42 Å². The Hall–Kier alpha value is 0.270. The highest BCUT2D eigenvalue weighted by Crippen LogP contribution is 2.10. The average Bonchev–Trinajstić information content (AvgIpc) is 2.26. The molecule has 0 radical (unpaired) electrons. The van der Waals surface area contributed by atoms with Crippen LogP contribution >= 0.6 is 12.2 Å². The van der Waals surface area contributed by atoms with E-state index in [2.05, 4.69) is 6.92 Å². The Kier molecular flexibility index (Phi) is 14.5. The highest BCUT2D eigenvalue weighted by molar-refractivity contribution is 7.92. The second-order valence-electron chi connectivity index (χ2n) is 4.10. The summed E-state index contributed by atoms with van der Waals surface area (Å²) in [6, 6.07) is 0. The van der Waals surface area contributed by atoms with Gasteiger partial charge in [0.1, 0.15) is 0 Å². The minimum atomic E-state index is 0.803. The Morgan fingerprint density at radius 2 is 1.27 bits per heavy atom. The zero-order chi connectivity index (χ0) is 11.2. The number of nitrogens with two attached hydrogens (primary N) is 1. The van der Waals surface area contributed by atoms with Crippen LogP contribution in [0.15, 0.2) is 0 Å². The monoisotopic (exact) mass is 233 g/mol. The van der Waals surface area contributed by atoms with Gasteiger partial charge in [-0.2, -0.15) is 0 Å². The molecule has 0 unspecified atom stereocenters. The minimum absolute atomic E-state index is 0.803. The van der Waals surface area contributed by atoms with Crippen molar-refractivity contribution < 1.29 is 4.18 Å². The van der Waals surface area contributed by atoms with Gasteiger partial charge in [0.25, 0.3) is 0 Å². The summed E-state index contributed by atoms with van der Waals surface area (Å²) in [4.78, 5) is 0. The van der Waals surface area contributed by atoms with Crippen LogP contribution in [0.25, 0.3) is 0 Å². The van der Waals surface area contributed by atoms with Gasteiger partial charge in [0.15, 0.2) is 0 Å². The molecule has 0 aromatic heterocycles. The summed E-state index contributed by atoms with van der Waals surface area (Å²) in [5.74, 6) is 0. The molecule has 0 heterocycles. The normalized spacial score (nSPS) is 10.8. The number of hydrogen-bond acceptors (Lipinski definition) is 3. The van der Waals surface area contributed by atoms with Crippen LogP contribution in [0.1, 0.15) is 71.1 Å². The standard InChI is InChI=1S/C12H27NOS/c1-2-3-4-5-6-7-8-9-10-11-12-14-15-13/h2-13H2,1H3. The van der Waals surface area contributed by atoms with Gasteiger partial charge in [-0.25, -0.2) is 0 Å². The Morgan fingerprint density at radius 3 is 1.73 bits per heavy atom. The van der Waals surface area contributed by atoms with Crippen molar-refractivity contribution >= 4 is 12.2 Å². The lowest BCUT2D eigenvalue weighted by atomic mass is 10.1. The van der Waals surface area contributed by atoms with Crippen molar-refractivity contribution in [3.05, 3.63) is 0 Å². The van der Waals surface area contributed by atoms with E-state index in [9.17, 15) is 0 Å². The molecule has 0 saturated carbocycles. The predicted octanol–water partition coefficient (Wildman–Crippen LogP) is 4.45. The molecule has 0 amide bonds. The summed E-state index contributed by atoms with van der Waals surface area (Å²) >= 11 is 0.981. The molecule has 0 rings (SSSR count). The lowest BCUT2D eigenvalue weighted by Gasteiger charge is -2.01. The summed E-state index contributed by atoms with van der Waals surface area (Å²) in [6.07, 6.45) is 13.6. The maximum absolute atomic E-state index is 5.14. The van der Waals surface area contributed by atoms with E-state index in [-0.39, 0.29) is 0 Å². The second-order valence-corrected chi connectivity index (χ2v) is 4.53. The molecule has 15 heavy (non-hydrogen) atoms. The Labute approximate surface area is 99.7 Å². The SMILES string of the molecule is CCCCCCCCCCCCOSN. The van der Waals surface area contributed by atoms with Crippen molar-refractivity contribution in [1.29, 1.82) is 0 Å². The molecule has 92 valence electrons. The molecule has 0 spiro atoms. The molecule has 0 saturated heterocycles. The maximum Gasteiger partial charge on any atom is 0.0758 e. The molecule has 0 fully saturated rings. The highest BCUT2D eigenvalue weighted by Gasteiger charge is 1.92. The Balaban J connectivity index is 2.81. The van der Waals surface area contributed by atoms with Crippen molar-refractivity contribution in [2.45, 2.75) is 71.1 Å². The lowest BCUT2D eigenvalue weighted by Crippen LogP contribution is -1.90. The summed E-state index contributed by atoms with van der Waals surface area (Å²) < 4.78 is 5.00. The van der Waals surface area contributed by atoms with Gasteiger partial charge >= 0.3 is 0 Å². The quantitative estimate of drug-likeness (QED) is 0.307. The first-order valence-electron chi connectivity index (χ1n) is 6.40. The first kappa shape index (κ1) is 15.3. The molecule has 2 N–H and O–H groups in total. The van der Waals surface area contributed by atoms with Crippen LogP contribution in [0, 0.1) is 0 Å². The zero-order valence-electron chi connectivity index (χ0n) is 10.2. The molecule has 0 aromatic rings. The van der Waals surface area contributed by atoms with Gasteiger partial charge in [-0.1, -0.05) is 64.7 Å². The van der Waals surface area contributed by atoms with Crippen molar-refractivity contribution in [1.82, 2.24) is 0 Å². The number of hydrogen-bond donors (Lipinski definition) is 1. The van der Waals surface area contributed by atoms with E-state index in [1.807, 2.05) is 0 Å². The highest BCUT2D eigenvalue weighted by atomic mass is 32.2. The molecule has 0 aliphatic heterocycles. The molecule has 0 aromatic carbocycles. The molecular weight excluding hydrogens is 206 g/mol. The van der Waals surface area contributed by atoms with Crippen molar-refractivity contribution in [2.75, 3.05) is 6.61 Å². The molecule has 0 bridgehead atoms. The molecule has 0 aliphatic rings. The Morgan fingerprint density at radius 1 is 0.800 bits per heavy atom. The van der Waals surface area contributed by atoms with Crippen LogP contribution in [0.2, 0.25) is 0 Å². The first-order chi connectivity index (χ1) is 7.41. The summed E-state index contributed by atoms with van der Waals surface area (Å²) in [7, 11) is 0. The van der Waals surface area contributed by atoms with E-state index < -0.39 is 0 Å². The molecular formula is C12H27NOS. The molecule has 2 nitrogen and oxygen atoms in total. The van der Waals surface area contributed by atoms with Gasteiger partial charge in [-0.15, -0.1) is 0 Å². The van der Waals surface area contributed by atoms with Crippen molar-refractivity contribution in [3.8, 4) is 0 Å². The topological polar surface area (TPSA) is 35.2 Å². The minimum Gasteiger partial charge on any atom is -0.301 e. The van der Waals surface area contributed by atoms with Crippen LogP contribution in [0.4, 0.5) is 0 Å². The van der Waals surface area contributed by atoms with E-state index in [4.69, 9.17) is 9.32 Å². The second kappa shape index (κ2) is 14.3. The van der Waals surface area contributed by atoms with Crippen LogP contribution in [0.5, 0.6) is 0 Å². The van der Waals surface area contributed by atoms with E-state index in [1.165, 1.54) is 57.8 Å². The summed E-state index contributed by atoms with van der Waals surface area (Å²) in [5, 5.41) is 5.14. The zero-order valence-corrected chi connectivity index (χ0v) is 11.0. The van der Waals surface area contributed by atoms with Gasteiger partial charge in [0.2, 0.25) is 0 Å². The van der Waals surface area contributed by atoms with Gasteiger partial charge < -0.3 is 4.18 Å². The van der Waals surface area contributed by atoms with E-state index >= 15 is 0 Å². The molecule has 0 aliphatic carbocycles. The third-order valence-electron chi connectivity index (χ3n) is 2.65. The fourth-order valence-electron chi connectivity index (χ4n) is 1.70. The summed E-state index contributed by atoms with van der Waals surface area (Å²) in [6.45, 7) is 3.07. The van der Waals surface area contributed by atoms with Gasteiger partial charge in [0.05, 0.1) is 18.8 Å². The maximum atomic E-state index is 5.14. The fourth-order valence-corrected chi connectivity index (χ4v) is 1.91. The van der Waals surface area contributed by atoms with Crippen LogP contribution in [-0.2, 0) is 4.18 Å². The van der Waals surface area contributed by atoms with Crippen LogP contribution in [0.3, 0.4) is 0 Å². The van der Waals surface area contributed by atoms with Crippen LogP contribution in [-0.4, -0.2) is 6.61 Å². The molecule has 3 heteroatoms. The fraction of sp³-hybridized carbons (Fsp3) is 1.00. The van der Waals surface area contributed by atoms with Crippen molar-refractivity contribution in [2.24, 2.45) is 5.14 Å². The molecule has 0 atom stereocenters. The number of unbranched alkanes of at least 4 members (excludes halogenated alkanes) is 9. The van der Waals surface area contributed by atoms with Gasteiger partial charge in [-0.3, -0.25) is 5.14 Å². The largest absolute Gasteiger partial charge is 0.301 e. The lowest BCUT2D eigenvalue weighted by molar-refractivity contribution is 0.355. The average molecular weight is 233 g/mol. The predicted molar refractivity (Wildman–Crippen MR) is 69.6 cm³/mol. The van der Waals surface area contributed by atoms with E-state index in [0.29, 0.717) is 0 Å². The number of rotatable bonds is 12. The third-order valence-corrected chi connectivity index (χ3v) is 2.95. The van der Waals surface area contributed by atoms with E-state index in [1.54, 1.807) is 0 Å². The smallest absolute Gasteiger partial charge is 0.0758 e. The van der Waals surface area contributed by atoms with E-state index in [0.717, 1.165) is 25.3 Å². The third kappa shape index (κ3) is 14.3. The van der Waals surface area contributed by atoms with Gasteiger partial charge in [0, 0.05) is 0 Å². The summed E-state index contributed by atoms with van der Waals surface area (Å²) in [5.41, 5.74) is 0.